The molecule has 0 aliphatic heterocycles. The second-order valence-electron chi connectivity index (χ2n) is 6.51. The molecule has 0 aliphatic rings. The van der Waals surface area contributed by atoms with Gasteiger partial charge in [-0.1, -0.05) is 32.9 Å². The van der Waals surface area contributed by atoms with Gasteiger partial charge in [0.25, 0.3) is 5.91 Å². The summed E-state index contributed by atoms with van der Waals surface area (Å²) in [4.78, 5) is 23.8. The van der Waals surface area contributed by atoms with Crippen LogP contribution >= 0.6 is 0 Å². The summed E-state index contributed by atoms with van der Waals surface area (Å²) < 4.78 is 5.06. The van der Waals surface area contributed by atoms with Crippen LogP contribution < -0.4 is 5.32 Å². The van der Waals surface area contributed by atoms with Crippen molar-refractivity contribution in [3.63, 3.8) is 0 Å². The van der Waals surface area contributed by atoms with Gasteiger partial charge in [-0.2, -0.15) is 0 Å². The third-order valence-electron chi connectivity index (χ3n) is 3.07. The number of hydrogen-bond acceptors (Lipinski definition) is 3. The molecule has 0 aliphatic carbocycles. The van der Waals surface area contributed by atoms with Crippen LogP contribution in [0.2, 0.25) is 0 Å². The van der Waals surface area contributed by atoms with Gasteiger partial charge in [-0.15, -0.1) is 0 Å². The molecular formula is C17H25NO3. The minimum Gasteiger partial charge on any atom is -0.461 e. The Morgan fingerprint density at radius 2 is 1.57 bits per heavy atom. The highest BCUT2D eigenvalue weighted by atomic mass is 16.5. The topological polar surface area (TPSA) is 55.4 Å². The summed E-state index contributed by atoms with van der Waals surface area (Å²) in [5, 5.41) is 2.65. The lowest BCUT2D eigenvalue weighted by Gasteiger charge is -2.19. The van der Waals surface area contributed by atoms with Crippen molar-refractivity contribution in [2.45, 2.75) is 59.1 Å². The van der Waals surface area contributed by atoms with Crippen LogP contribution in [-0.4, -0.2) is 24.0 Å². The Morgan fingerprint density at radius 3 is 2.00 bits per heavy atom. The fourth-order valence-electron chi connectivity index (χ4n) is 1.79. The molecule has 0 radical (unpaired) electrons. The molecule has 0 saturated carbocycles. The first kappa shape index (κ1) is 17.2. The molecule has 0 saturated heterocycles. The van der Waals surface area contributed by atoms with Crippen LogP contribution in [0.15, 0.2) is 24.3 Å². The second kappa shape index (κ2) is 6.74. The Balaban J connectivity index is 2.70. The number of carbonyl (C=O) groups is 2. The molecule has 0 bridgehead atoms. The molecule has 0 heterocycles. The van der Waals surface area contributed by atoms with Crippen LogP contribution in [0.3, 0.4) is 0 Å². The van der Waals surface area contributed by atoms with E-state index in [1.807, 2.05) is 12.1 Å². The first-order valence-corrected chi connectivity index (χ1v) is 7.23. The second-order valence-corrected chi connectivity index (χ2v) is 6.51. The summed E-state index contributed by atoms with van der Waals surface area (Å²) in [6, 6.07) is 6.76. The van der Waals surface area contributed by atoms with E-state index in [4.69, 9.17) is 4.74 Å². The number of carbonyl (C=O) groups excluding carboxylic acids is 2. The highest BCUT2D eigenvalue weighted by molar-refractivity contribution is 5.96. The number of hydrogen-bond donors (Lipinski definition) is 1. The van der Waals surface area contributed by atoms with Crippen LogP contribution in [0.1, 0.15) is 57.5 Å². The molecular weight excluding hydrogens is 266 g/mol. The molecule has 1 rings (SSSR count). The molecule has 1 aromatic rings. The van der Waals surface area contributed by atoms with Crippen LogP contribution in [-0.2, 0) is 14.9 Å². The van der Waals surface area contributed by atoms with E-state index in [0.29, 0.717) is 5.56 Å². The Morgan fingerprint density at radius 1 is 1.05 bits per heavy atom. The van der Waals surface area contributed by atoms with Crippen molar-refractivity contribution < 1.29 is 14.3 Å². The average molecular weight is 291 g/mol. The Kier molecular flexibility index (Phi) is 5.53. The highest BCUT2D eigenvalue weighted by Gasteiger charge is 2.19. The highest BCUT2D eigenvalue weighted by Crippen LogP contribution is 2.22. The number of nitrogens with one attached hydrogen (secondary N) is 1. The number of amides is 1. The molecule has 0 unspecified atom stereocenters. The van der Waals surface area contributed by atoms with Crippen LogP contribution in [0, 0.1) is 0 Å². The predicted octanol–water partition coefficient (Wildman–Crippen LogP) is 3.05. The molecule has 1 atom stereocenters. The zero-order chi connectivity index (χ0) is 16.2. The first-order valence-electron chi connectivity index (χ1n) is 7.23. The minimum absolute atomic E-state index is 0.0450. The lowest BCUT2D eigenvalue weighted by atomic mass is 9.86. The van der Waals surface area contributed by atoms with E-state index >= 15 is 0 Å². The maximum Gasteiger partial charge on any atom is 0.328 e. The number of rotatable bonds is 4. The van der Waals surface area contributed by atoms with Gasteiger partial charge in [0.1, 0.15) is 6.04 Å². The molecule has 1 amide bonds. The molecule has 1 aromatic carbocycles. The van der Waals surface area contributed by atoms with Crippen molar-refractivity contribution >= 4 is 11.9 Å². The number of benzene rings is 1. The molecule has 0 spiro atoms. The summed E-state index contributed by atoms with van der Waals surface area (Å²) in [5.74, 6) is -0.701. The number of ether oxygens (including phenoxy) is 1. The van der Waals surface area contributed by atoms with E-state index in [-0.39, 0.29) is 17.4 Å². The normalized spacial score (nSPS) is 12.9. The van der Waals surface area contributed by atoms with Gasteiger partial charge in [-0.25, -0.2) is 4.79 Å². The lowest BCUT2D eigenvalue weighted by Crippen LogP contribution is -2.40. The van der Waals surface area contributed by atoms with E-state index in [0.717, 1.165) is 5.56 Å². The third-order valence-corrected chi connectivity index (χ3v) is 3.07. The van der Waals surface area contributed by atoms with E-state index in [1.54, 1.807) is 32.9 Å². The van der Waals surface area contributed by atoms with Gasteiger partial charge in [0, 0.05) is 5.56 Å². The van der Waals surface area contributed by atoms with Crippen LogP contribution in [0.25, 0.3) is 0 Å². The third kappa shape index (κ3) is 5.21. The van der Waals surface area contributed by atoms with E-state index in [9.17, 15) is 9.59 Å². The summed E-state index contributed by atoms with van der Waals surface area (Å²) in [6.07, 6.45) is -0.192. The van der Waals surface area contributed by atoms with Gasteiger partial charge >= 0.3 is 5.97 Å². The molecule has 4 nitrogen and oxygen atoms in total. The molecule has 1 N–H and O–H groups in total. The first-order chi connectivity index (χ1) is 9.61. The van der Waals surface area contributed by atoms with Gasteiger partial charge in [0.2, 0.25) is 0 Å². The Labute approximate surface area is 126 Å². The zero-order valence-electron chi connectivity index (χ0n) is 13.7. The Bertz CT molecular complexity index is 498. The summed E-state index contributed by atoms with van der Waals surface area (Å²) >= 11 is 0. The molecule has 0 aromatic heterocycles. The van der Waals surface area contributed by atoms with Crippen LogP contribution in [0.5, 0.6) is 0 Å². The van der Waals surface area contributed by atoms with Crippen molar-refractivity contribution in [2.24, 2.45) is 0 Å². The van der Waals surface area contributed by atoms with Gasteiger partial charge in [0.15, 0.2) is 0 Å². The zero-order valence-corrected chi connectivity index (χ0v) is 13.7. The molecule has 4 heteroatoms. The SMILES string of the molecule is CC(C)OC(=O)[C@H](C)NC(=O)c1ccc(C(C)(C)C)cc1. The fourth-order valence-corrected chi connectivity index (χ4v) is 1.79. The standard InChI is InChI=1S/C17H25NO3/c1-11(2)21-16(20)12(3)18-15(19)13-7-9-14(10-8-13)17(4,5)6/h7-12H,1-6H3,(H,18,19)/t12-/m0/s1. The van der Waals surface area contributed by atoms with Gasteiger partial charge in [0.05, 0.1) is 6.10 Å². The van der Waals surface area contributed by atoms with Gasteiger partial charge < -0.3 is 10.1 Å². The van der Waals surface area contributed by atoms with Gasteiger partial charge in [-0.3, -0.25) is 4.79 Å². The smallest absolute Gasteiger partial charge is 0.328 e. The van der Waals surface area contributed by atoms with Crippen LogP contribution in [0.4, 0.5) is 0 Å². The summed E-state index contributed by atoms with van der Waals surface area (Å²) in [5.41, 5.74) is 1.74. The van der Waals surface area contributed by atoms with E-state index in [2.05, 4.69) is 26.1 Å². The maximum absolute atomic E-state index is 12.1. The lowest BCUT2D eigenvalue weighted by molar-refractivity contribution is -0.149. The molecule has 0 fully saturated rings. The maximum atomic E-state index is 12.1. The summed E-state index contributed by atoms with van der Waals surface area (Å²) in [7, 11) is 0. The van der Waals surface area contributed by atoms with Crippen molar-refractivity contribution in [3.05, 3.63) is 35.4 Å². The average Bonchev–Trinajstić information content (AvgIpc) is 2.36. The predicted molar refractivity (Wildman–Crippen MR) is 83.3 cm³/mol. The van der Waals surface area contributed by atoms with Crippen molar-refractivity contribution in [1.29, 1.82) is 0 Å². The summed E-state index contributed by atoms with van der Waals surface area (Å²) in [6.45, 7) is 11.5. The van der Waals surface area contributed by atoms with E-state index < -0.39 is 12.0 Å². The monoisotopic (exact) mass is 291 g/mol. The van der Waals surface area contributed by atoms with Crippen molar-refractivity contribution in [3.8, 4) is 0 Å². The van der Waals surface area contributed by atoms with E-state index in [1.165, 1.54) is 0 Å². The quantitative estimate of drug-likeness (QED) is 0.867. The van der Waals surface area contributed by atoms with Crippen molar-refractivity contribution in [2.75, 3.05) is 0 Å². The number of esters is 1. The van der Waals surface area contributed by atoms with Crippen molar-refractivity contribution in [1.82, 2.24) is 5.32 Å². The van der Waals surface area contributed by atoms with Gasteiger partial charge in [-0.05, 0) is 43.9 Å². The largest absolute Gasteiger partial charge is 0.461 e. The molecule has 21 heavy (non-hydrogen) atoms. The Hall–Kier alpha value is -1.84. The minimum atomic E-state index is -0.665. The fraction of sp³-hybridized carbons (Fsp3) is 0.529. The molecule has 116 valence electrons.